The van der Waals surface area contributed by atoms with Gasteiger partial charge in [-0.15, -0.1) is 0 Å². The molecule has 2 aliphatic rings. The van der Waals surface area contributed by atoms with Gasteiger partial charge in [-0.1, -0.05) is 31.4 Å². The molecule has 0 aromatic heterocycles. The minimum absolute atomic E-state index is 0.0457. The number of piperazine rings is 1. The van der Waals surface area contributed by atoms with Gasteiger partial charge in [0.05, 0.1) is 5.56 Å². The number of hydrogen-bond acceptors (Lipinski definition) is 3. The fourth-order valence-corrected chi connectivity index (χ4v) is 3.98. The van der Waals surface area contributed by atoms with Gasteiger partial charge < -0.3 is 15.1 Å². The lowest BCUT2D eigenvalue weighted by Crippen LogP contribution is -2.51. The van der Waals surface area contributed by atoms with Crippen LogP contribution in [0.15, 0.2) is 24.3 Å². The first kappa shape index (κ1) is 17.8. The number of anilines is 1. The smallest absolute Gasteiger partial charge is 0.256 e. The van der Waals surface area contributed by atoms with E-state index >= 15 is 0 Å². The van der Waals surface area contributed by atoms with Crippen LogP contribution < -0.4 is 5.32 Å². The average molecular weight is 343 g/mol. The Morgan fingerprint density at radius 3 is 2.32 bits per heavy atom. The van der Waals surface area contributed by atoms with E-state index in [1.54, 1.807) is 0 Å². The van der Waals surface area contributed by atoms with E-state index < -0.39 is 0 Å². The number of para-hydroxylation sites is 1. The summed E-state index contributed by atoms with van der Waals surface area (Å²) >= 11 is 0. The molecule has 0 unspecified atom stereocenters. The summed E-state index contributed by atoms with van der Waals surface area (Å²) in [5.41, 5.74) is 1.55. The van der Waals surface area contributed by atoms with Crippen molar-refractivity contribution in [3.8, 4) is 0 Å². The van der Waals surface area contributed by atoms with Gasteiger partial charge >= 0.3 is 0 Å². The van der Waals surface area contributed by atoms with Gasteiger partial charge in [0.1, 0.15) is 0 Å². The van der Waals surface area contributed by atoms with Crippen LogP contribution in [0.5, 0.6) is 0 Å². The molecule has 5 nitrogen and oxygen atoms in total. The number of nitrogens with one attached hydrogen (secondary N) is 1. The van der Waals surface area contributed by atoms with Gasteiger partial charge in [-0.3, -0.25) is 9.59 Å². The number of carbonyl (C=O) groups is 2. The Labute approximate surface area is 150 Å². The van der Waals surface area contributed by atoms with Crippen molar-refractivity contribution in [3.63, 3.8) is 0 Å². The first-order valence-electron chi connectivity index (χ1n) is 9.53. The van der Waals surface area contributed by atoms with Crippen LogP contribution in [0.1, 0.15) is 48.9 Å². The lowest BCUT2D eigenvalue weighted by molar-refractivity contribution is -0.133. The molecule has 0 bridgehead atoms. The molecule has 0 spiro atoms. The maximum Gasteiger partial charge on any atom is 0.256 e. The van der Waals surface area contributed by atoms with Crippen LogP contribution in [0, 0.1) is 5.92 Å². The van der Waals surface area contributed by atoms with Crippen molar-refractivity contribution < 1.29 is 9.59 Å². The standard InChI is InChI=1S/C20H29N3O2/c1-21-18-10-6-5-9-17(18)20(25)23-13-11-22(12-14-23)19(24)15-16-7-3-2-4-8-16/h5-6,9-10,16,21H,2-4,7-8,11-15H2,1H3. The summed E-state index contributed by atoms with van der Waals surface area (Å²) in [6.45, 7) is 2.54. The number of carbonyl (C=O) groups excluding carboxylic acids is 2. The van der Waals surface area contributed by atoms with Crippen molar-refractivity contribution in [2.75, 3.05) is 38.5 Å². The predicted molar refractivity (Wildman–Crippen MR) is 99.7 cm³/mol. The number of nitrogens with zero attached hydrogens (tertiary/aromatic N) is 2. The number of amides is 2. The Morgan fingerprint density at radius 1 is 1.00 bits per heavy atom. The van der Waals surface area contributed by atoms with Crippen molar-refractivity contribution in [1.29, 1.82) is 0 Å². The molecule has 25 heavy (non-hydrogen) atoms. The Hall–Kier alpha value is -2.04. The van der Waals surface area contributed by atoms with Gasteiger partial charge in [-0.05, 0) is 30.9 Å². The summed E-state index contributed by atoms with van der Waals surface area (Å²) in [4.78, 5) is 29.1. The van der Waals surface area contributed by atoms with Gasteiger partial charge in [0, 0.05) is 45.3 Å². The molecule has 1 aromatic carbocycles. The number of benzene rings is 1. The lowest BCUT2D eigenvalue weighted by atomic mass is 9.86. The molecule has 1 heterocycles. The van der Waals surface area contributed by atoms with E-state index in [1.165, 1.54) is 32.1 Å². The maximum absolute atomic E-state index is 12.8. The Morgan fingerprint density at radius 2 is 1.64 bits per heavy atom. The quantitative estimate of drug-likeness (QED) is 0.914. The van der Waals surface area contributed by atoms with E-state index in [-0.39, 0.29) is 11.8 Å². The van der Waals surface area contributed by atoms with E-state index in [2.05, 4.69) is 5.32 Å². The van der Waals surface area contributed by atoms with E-state index in [0.29, 0.717) is 44.1 Å². The summed E-state index contributed by atoms with van der Waals surface area (Å²) in [5.74, 6) is 0.891. The van der Waals surface area contributed by atoms with Gasteiger partial charge in [-0.25, -0.2) is 0 Å². The molecule has 5 heteroatoms. The van der Waals surface area contributed by atoms with E-state index in [1.807, 2.05) is 41.1 Å². The fraction of sp³-hybridized carbons (Fsp3) is 0.600. The summed E-state index contributed by atoms with van der Waals surface area (Å²) in [6.07, 6.45) is 6.95. The lowest BCUT2D eigenvalue weighted by Gasteiger charge is -2.36. The average Bonchev–Trinajstić information content (AvgIpc) is 2.68. The second-order valence-electron chi connectivity index (χ2n) is 7.18. The zero-order valence-corrected chi connectivity index (χ0v) is 15.2. The Kier molecular flexibility index (Phi) is 5.95. The van der Waals surface area contributed by atoms with Crippen LogP contribution in [0.2, 0.25) is 0 Å². The molecule has 2 amide bonds. The molecule has 136 valence electrons. The fourth-order valence-electron chi connectivity index (χ4n) is 3.98. The largest absolute Gasteiger partial charge is 0.387 e. The highest BCUT2D eigenvalue weighted by molar-refractivity contribution is 5.99. The molecule has 1 saturated heterocycles. The van der Waals surface area contributed by atoms with Crippen LogP contribution in [0.3, 0.4) is 0 Å². The van der Waals surface area contributed by atoms with Crippen molar-refractivity contribution >= 4 is 17.5 Å². The minimum atomic E-state index is 0.0457. The second kappa shape index (κ2) is 8.37. The molecule has 0 radical (unpaired) electrons. The van der Waals surface area contributed by atoms with Crippen LogP contribution >= 0.6 is 0 Å². The third kappa shape index (κ3) is 4.33. The molecular formula is C20H29N3O2. The van der Waals surface area contributed by atoms with Gasteiger partial charge in [0.15, 0.2) is 0 Å². The highest BCUT2D eigenvalue weighted by atomic mass is 16.2. The molecule has 0 atom stereocenters. The summed E-state index contributed by atoms with van der Waals surface area (Å²) < 4.78 is 0. The maximum atomic E-state index is 12.8. The highest BCUT2D eigenvalue weighted by Gasteiger charge is 2.27. The van der Waals surface area contributed by atoms with E-state index in [4.69, 9.17) is 0 Å². The second-order valence-corrected chi connectivity index (χ2v) is 7.18. The SMILES string of the molecule is CNc1ccccc1C(=O)N1CCN(C(=O)CC2CCCCC2)CC1. The summed E-state index contributed by atoms with van der Waals surface area (Å²) in [5, 5.41) is 3.08. The Balaban J connectivity index is 1.52. The van der Waals surface area contributed by atoms with E-state index in [9.17, 15) is 9.59 Å². The summed E-state index contributed by atoms with van der Waals surface area (Å²) in [7, 11) is 1.83. The molecule has 1 aliphatic carbocycles. The van der Waals surface area contributed by atoms with Gasteiger partial charge in [-0.2, -0.15) is 0 Å². The number of rotatable bonds is 4. The van der Waals surface area contributed by atoms with Crippen molar-refractivity contribution in [2.45, 2.75) is 38.5 Å². The van der Waals surface area contributed by atoms with Crippen LogP contribution in [0.25, 0.3) is 0 Å². The minimum Gasteiger partial charge on any atom is -0.387 e. The third-order valence-electron chi connectivity index (χ3n) is 5.53. The van der Waals surface area contributed by atoms with Crippen molar-refractivity contribution in [2.24, 2.45) is 5.92 Å². The topological polar surface area (TPSA) is 52.7 Å². The van der Waals surface area contributed by atoms with Crippen molar-refractivity contribution in [3.05, 3.63) is 29.8 Å². The van der Waals surface area contributed by atoms with Gasteiger partial charge in [0.2, 0.25) is 5.91 Å². The third-order valence-corrected chi connectivity index (χ3v) is 5.53. The zero-order chi connectivity index (χ0) is 17.6. The molecule has 1 N–H and O–H groups in total. The van der Waals surface area contributed by atoms with Gasteiger partial charge in [0.25, 0.3) is 5.91 Å². The summed E-state index contributed by atoms with van der Waals surface area (Å²) in [6, 6.07) is 7.58. The van der Waals surface area contributed by atoms with E-state index in [0.717, 1.165) is 5.69 Å². The zero-order valence-electron chi connectivity index (χ0n) is 15.2. The number of hydrogen-bond donors (Lipinski definition) is 1. The molecule has 3 rings (SSSR count). The van der Waals surface area contributed by atoms with Crippen LogP contribution in [-0.2, 0) is 4.79 Å². The normalized spacial score (nSPS) is 18.9. The van der Waals surface area contributed by atoms with Crippen molar-refractivity contribution in [1.82, 2.24) is 9.80 Å². The first-order chi connectivity index (χ1) is 12.2. The first-order valence-corrected chi connectivity index (χ1v) is 9.53. The highest BCUT2D eigenvalue weighted by Crippen LogP contribution is 2.27. The Bertz CT molecular complexity index is 603. The predicted octanol–water partition coefficient (Wildman–Crippen LogP) is 2.98. The molecule has 1 aliphatic heterocycles. The van der Waals surface area contributed by atoms with Crippen LogP contribution in [0.4, 0.5) is 5.69 Å². The molecular weight excluding hydrogens is 314 g/mol. The molecule has 1 aromatic rings. The van der Waals surface area contributed by atoms with Crippen LogP contribution in [-0.4, -0.2) is 54.8 Å². The molecule has 1 saturated carbocycles. The molecule has 2 fully saturated rings. The monoisotopic (exact) mass is 343 g/mol.